The van der Waals surface area contributed by atoms with Gasteiger partial charge in [-0.05, 0) is 56.2 Å². The van der Waals surface area contributed by atoms with E-state index < -0.39 is 5.54 Å². The van der Waals surface area contributed by atoms with Crippen LogP contribution in [0, 0.1) is 5.82 Å². The number of hydrogen-bond acceptors (Lipinski definition) is 2. The third kappa shape index (κ3) is 5.08. The van der Waals surface area contributed by atoms with Gasteiger partial charge >= 0.3 is 6.03 Å². The summed E-state index contributed by atoms with van der Waals surface area (Å²) in [5.74, 6) is -0.340. The minimum absolute atomic E-state index is 0.250. The van der Waals surface area contributed by atoms with Crippen molar-refractivity contribution in [2.75, 3.05) is 18.4 Å². The maximum atomic E-state index is 13.1. The zero-order chi connectivity index (χ0) is 19.4. The second kappa shape index (κ2) is 7.80. The van der Waals surface area contributed by atoms with Crippen LogP contribution in [0.2, 0.25) is 0 Å². The normalized spacial score (nSPS) is 11.6. The van der Waals surface area contributed by atoms with Crippen molar-refractivity contribution in [2.24, 2.45) is 5.73 Å². The van der Waals surface area contributed by atoms with Gasteiger partial charge in [-0.25, -0.2) is 9.18 Å². The number of aromatic amines is 1. The molecule has 0 spiro atoms. The molecular formula is C21H25FN4O. The van der Waals surface area contributed by atoms with Crippen LogP contribution >= 0.6 is 0 Å². The van der Waals surface area contributed by atoms with Crippen molar-refractivity contribution >= 4 is 22.6 Å². The number of H-pyrrole nitrogens is 1. The van der Waals surface area contributed by atoms with Gasteiger partial charge in [-0.2, -0.15) is 0 Å². The molecule has 3 rings (SSSR count). The van der Waals surface area contributed by atoms with E-state index in [2.05, 4.69) is 16.4 Å². The van der Waals surface area contributed by atoms with Crippen molar-refractivity contribution in [1.82, 2.24) is 9.88 Å². The van der Waals surface area contributed by atoms with Crippen molar-refractivity contribution in [3.05, 3.63) is 66.1 Å². The minimum Gasteiger partial charge on any atom is -0.361 e. The van der Waals surface area contributed by atoms with E-state index in [9.17, 15) is 9.18 Å². The summed E-state index contributed by atoms with van der Waals surface area (Å²) in [4.78, 5) is 17.7. The molecule has 0 aliphatic carbocycles. The Kier molecular flexibility index (Phi) is 5.46. The average Bonchev–Trinajstić information content (AvgIpc) is 3.03. The highest BCUT2D eigenvalue weighted by Crippen LogP contribution is 2.19. The van der Waals surface area contributed by atoms with Gasteiger partial charge in [-0.3, -0.25) is 0 Å². The first-order valence-corrected chi connectivity index (χ1v) is 8.97. The number of halogens is 1. The van der Waals surface area contributed by atoms with Gasteiger partial charge in [0.25, 0.3) is 0 Å². The Morgan fingerprint density at radius 2 is 1.89 bits per heavy atom. The number of benzene rings is 2. The van der Waals surface area contributed by atoms with Gasteiger partial charge in [0.05, 0.1) is 0 Å². The van der Waals surface area contributed by atoms with Crippen molar-refractivity contribution in [3.63, 3.8) is 0 Å². The number of carbonyl (C=O) groups excluding carboxylic acids is 1. The highest BCUT2D eigenvalue weighted by Gasteiger charge is 2.22. The van der Waals surface area contributed by atoms with Gasteiger partial charge < -0.3 is 20.9 Å². The van der Waals surface area contributed by atoms with Crippen LogP contribution in [-0.4, -0.2) is 34.5 Å². The Hall–Kier alpha value is -2.86. The molecule has 2 amide bonds. The van der Waals surface area contributed by atoms with E-state index in [0.717, 1.165) is 16.5 Å². The van der Waals surface area contributed by atoms with Gasteiger partial charge in [-0.1, -0.05) is 18.2 Å². The molecule has 4 N–H and O–H groups in total. The molecule has 0 atom stereocenters. The Bertz CT molecular complexity index is 912. The highest BCUT2D eigenvalue weighted by atomic mass is 19.1. The number of hydrogen-bond donors (Lipinski definition) is 3. The maximum Gasteiger partial charge on any atom is 0.321 e. The van der Waals surface area contributed by atoms with Crippen LogP contribution in [0.25, 0.3) is 10.9 Å². The van der Waals surface area contributed by atoms with E-state index in [1.54, 1.807) is 17.0 Å². The van der Waals surface area contributed by atoms with E-state index >= 15 is 0 Å². The number of carbonyl (C=O) groups is 1. The lowest BCUT2D eigenvalue weighted by atomic mass is 10.1. The first-order chi connectivity index (χ1) is 12.8. The van der Waals surface area contributed by atoms with Crippen LogP contribution in [0.4, 0.5) is 14.9 Å². The quantitative estimate of drug-likeness (QED) is 0.612. The molecule has 3 aromatic rings. The molecule has 142 valence electrons. The topological polar surface area (TPSA) is 74.1 Å². The molecule has 0 unspecified atom stereocenters. The predicted molar refractivity (Wildman–Crippen MR) is 107 cm³/mol. The molecule has 0 fully saturated rings. The predicted octanol–water partition coefficient (Wildman–Crippen LogP) is 4.12. The lowest BCUT2D eigenvalue weighted by Crippen LogP contribution is -2.49. The van der Waals surface area contributed by atoms with Gasteiger partial charge in [0.1, 0.15) is 5.82 Å². The molecule has 0 saturated heterocycles. The smallest absolute Gasteiger partial charge is 0.321 e. The summed E-state index contributed by atoms with van der Waals surface area (Å²) in [7, 11) is 0. The summed E-state index contributed by atoms with van der Waals surface area (Å²) in [6.07, 6.45) is 2.69. The minimum atomic E-state index is -0.527. The fourth-order valence-corrected chi connectivity index (χ4v) is 3.07. The molecule has 0 bridgehead atoms. The van der Waals surface area contributed by atoms with Crippen LogP contribution in [0.1, 0.15) is 19.4 Å². The van der Waals surface area contributed by atoms with Crippen LogP contribution in [0.3, 0.4) is 0 Å². The van der Waals surface area contributed by atoms with Gasteiger partial charge in [-0.15, -0.1) is 0 Å². The number of fused-ring (bicyclic) bond motifs is 1. The molecule has 6 heteroatoms. The monoisotopic (exact) mass is 368 g/mol. The molecule has 0 aliphatic rings. The van der Waals surface area contributed by atoms with Crippen LogP contribution in [-0.2, 0) is 6.42 Å². The molecule has 1 heterocycles. The fraction of sp³-hybridized carbons (Fsp3) is 0.286. The number of anilines is 1. The van der Waals surface area contributed by atoms with E-state index in [1.807, 2.05) is 38.2 Å². The van der Waals surface area contributed by atoms with E-state index in [4.69, 9.17) is 5.73 Å². The third-order valence-electron chi connectivity index (χ3n) is 4.31. The van der Waals surface area contributed by atoms with Crippen LogP contribution in [0.15, 0.2) is 54.7 Å². The van der Waals surface area contributed by atoms with Crippen molar-refractivity contribution in [2.45, 2.75) is 25.8 Å². The SMILES string of the molecule is CC(C)(N)CN(CCc1c[nH]c2ccccc12)C(=O)Nc1ccc(F)cc1. The Morgan fingerprint density at radius 1 is 1.19 bits per heavy atom. The number of rotatable bonds is 6. The van der Waals surface area contributed by atoms with Gasteiger partial charge in [0.2, 0.25) is 0 Å². The largest absolute Gasteiger partial charge is 0.361 e. The number of para-hydroxylation sites is 1. The highest BCUT2D eigenvalue weighted by molar-refractivity contribution is 5.89. The summed E-state index contributed by atoms with van der Waals surface area (Å²) < 4.78 is 13.1. The first-order valence-electron chi connectivity index (χ1n) is 8.97. The third-order valence-corrected chi connectivity index (χ3v) is 4.31. The van der Waals surface area contributed by atoms with Crippen LogP contribution in [0.5, 0.6) is 0 Å². The second-order valence-corrected chi connectivity index (χ2v) is 7.46. The Labute approximate surface area is 158 Å². The number of urea groups is 1. The molecule has 0 saturated carbocycles. The molecular weight excluding hydrogens is 343 g/mol. The molecule has 2 aromatic carbocycles. The fourth-order valence-electron chi connectivity index (χ4n) is 3.07. The number of amides is 2. The summed E-state index contributed by atoms with van der Waals surface area (Å²) >= 11 is 0. The number of nitrogens with two attached hydrogens (primary N) is 1. The molecule has 0 radical (unpaired) electrons. The first kappa shape index (κ1) is 18.9. The number of nitrogens with zero attached hydrogens (tertiary/aromatic N) is 1. The second-order valence-electron chi connectivity index (χ2n) is 7.46. The Morgan fingerprint density at radius 3 is 2.59 bits per heavy atom. The van der Waals surface area contributed by atoms with Crippen molar-refractivity contribution < 1.29 is 9.18 Å². The molecule has 1 aromatic heterocycles. The molecule has 5 nitrogen and oxygen atoms in total. The zero-order valence-corrected chi connectivity index (χ0v) is 15.6. The van der Waals surface area contributed by atoms with Crippen LogP contribution < -0.4 is 11.1 Å². The van der Waals surface area contributed by atoms with E-state index in [0.29, 0.717) is 25.2 Å². The Balaban J connectivity index is 1.72. The average molecular weight is 368 g/mol. The van der Waals surface area contributed by atoms with Gasteiger partial charge in [0.15, 0.2) is 0 Å². The summed E-state index contributed by atoms with van der Waals surface area (Å²) in [6.45, 7) is 4.70. The lowest BCUT2D eigenvalue weighted by Gasteiger charge is -2.30. The zero-order valence-electron chi connectivity index (χ0n) is 15.6. The number of nitrogens with one attached hydrogen (secondary N) is 2. The standard InChI is InChI=1S/C21H25FN4O/c1-21(2,23)14-26(20(27)25-17-9-7-16(22)8-10-17)12-11-15-13-24-19-6-4-3-5-18(15)19/h3-10,13,24H,11-12,14,23H2,1-2H3,(H,25,27). The molecule has 0 aliphatic heterocycles. The summed E-state index contributed by atoms with van der Waals surface area (Å²) in [6, 6.07) is 13.6. The van der Waals surface area contributed by atoms with Crippen molar-refractivity contribution in [1.29, 1.82) is 0 Å². The van der Waals surface area contributed by atoms with E-state index in [1.165, 1.54) is 12.1 Å². The maximum absolute atomic E-state index is 13.1. The summed E-state index contributed by atoms with van der Waals surface area (Å²) in [5.41, 5.74) is 8.40. The lowest BCUT2D eigenvalue weighted by molar-refractivity contribution is 0.200. The number of aromatic nitrogens is 1. The van der Waals surface area contributed by atoms with Crippen molar-refractivity contribution in [3.8, 4) is 0 Å². The van der Waals surface area contributed by atoms with Gasteiger partial charge in [0, 0.05) is 41.4 Å². The summed E-state index contributed by atoms with van der Waals surface area (Å²) in [5, 5.41) is 3.97. The van der Waals surface area contributed by atoms with E-state index in [-0.39, 0.29) is 11.8 Å². The molecule has 27 heavy (non-hydrogen) atoms.